The molecule has 1 aromatic heterocycles. The Kier molecular flexibility index (Phi) is 4.81. The molecule has 0 aliphatic rings. The SMILES string of the molecule is Nc1ncc(CNCCOc2cccc(Cl)c2)s1. The van der Waals surface area contributed by atoms with Gasteiger partial charge in [-0.2, -0.15) is 0 Å². The summed E-state index contributed by atoms with van der Waals surface area (Å²) in [5.74, 6) is 0.784. The van der Waals surface area contributed by atoms with Crippen molar-refractivity contribution < 1.29 is 4.74 Å². The zero-order valence-corrected chi connectivity index (χ0v) is 11.3. The minimum Gasteiger partial charge on any atom is -0.492 e. The quantitative estimate of drug-likeness (QED) is 0.800. The van der Waals surface area contributed by atoms with Crippen molar-refractivity contribution in [2.75, 3.05) is 18.9 Å². The zero-order valence-electron chi connectivity index (χ0n) is 9.73. The molecule has 0 aliphatic carbocycles. The van der Waals surface area contributed by atoms with Crippen LogP contribution >= 0.6 is 22.9 Å². The highest BCUT2D eigenvalue weighted by Gasteiger charge is 1.98. The topological polar surface area (TPSA) is 60.2 Å². The van der Waals surface area contributed by atoms with Crippen LogP contribution in [0.5, 0.6) is 5.75 Å². The Hall–Kier alpha value is -1.30. The summed E-state index contributed by atoms with van der Waals surface area (Å²) in [5.41, 5.74) is 5.54. The van der Waals surface area contributed by atoms with Crippen LogP contribution in [0.3, 0.4) is 0 Å². The first kappa shape index (κ1) is 13.1. The number of halogens is 1. The molecular formula is C12H14ClN3OS. The number of nitrogens with zero attached hydrogens (tertiary/aromatic N) is 1. The Balaban J connectivity index is 1.64. The Labute approximate surface area is 115 Å². The highest BCUT2D eigenvalue weighted by Crippen LogP contribution is 2.17. The summed E-state index contributed by atoms with van der Waals surface area (Å²) in [6, 6.07) is 7.37. The van der Waals surface area contributed by atoms with Crippen LogP contribution < -0.4 is 15.8 Å². The standard InChI is InChI=1S/C12H14ClN3OS/c13-9-2-1-3-10(6-9)17-5-4-15-7-11-8-16-12(14)18-11/h1-3,6,8,15H,4-5,7H2,(H2,14,16). The van der Waals surface area contributed by atoms with E-state index in [1.165, 1.54) is 11.3 Å². The third-order valence-electron chi connectivity index (χ3n) is 2.21. The Morgan fingerprint density at radius 2 is 2.33 bits per heavy atom. The van der Waals surface area contributed by atoms with Gasteiger partial charge in [-0.05, 0) is 18.2 Å². The maximum atomic E-state index is 5.85. The molecule has 0 fully saturated rings. The minimum atomic E-state index is 0.592. The number of anilines is 1. The number of hydrogen-bond acceptors (Lipinski definition) is 5. The summed E-state index contributed by atoms with van der Waals surface area (Å²) in [4.78, 5) is 5.10. The number of thiazole rings is 1. The molecule has 2 rings (SSSR count). The highest BCUT2D eigenvalue weighted by atomic mass is 35.5. The summed E-state index contributed by atoms with van der Waals surface area (Å²) in [6.07, 6.45) is 1.78. The fourth-order valence-electron chi connectivity index (χ4n) is 1.41. The van der Waals surface area contributed by atoms with Gasteiger partial charge >= 0.3 is 0 Å². The normalized spacial score (nSPS) is 10.5. The Bertz CT molecular complexity index is 504. The number of benzene rings is 1. The van der Waals surface area contributed by atoms with E-state index in [-0.39, 0.29) is 0 Å². The minimum absolute atomic E-state index is 0.592. The first-order valence-corrected chi connectivity index (χ1v) is 6.73. The van der Waals surface area contributed by atoms with Crippen molar-refractivity contribution in [3.8, 4) is 5.75 Å². The van der Waals surface area contributed by atoms with E-state index in [1.807, 2.05) is 18.2 Å². The van der Waals surface area contributed by atoms with Crippen molar-refractivity contribution in [2.24, 2.45) is 0 Å². The molecule has 1 aromatic carbocycles. The van der Waals surface area contributed by atoms with Crippen LogP contribution in [0.25, 0.3) is 0 Å². The van der Waals surface area contributed by atoms with Crippen molar-refractivity contribution in [1.82, 2.24) is 10.3 Å². The van der Waals surface area contributed by atoms with Crippen LogP contribution in [0.2, 0.25) is 5.02 Å². The predicted molar refractivity (Wildman–Crippen MR) is 75.2 cm³/mol. The zero-order chi connectivity index (χ0) is 12.8. The number of aromatic nitrogens is 1. The lowest BCUT2D eigenvalue weighted by Gasteiger charge is -2.06. The first-order valence-electron chi connectivity index (χ1n) is 5.53. The van der Waals surface area contributed by atoms with Crippen LogP contribution in [0.15, 0.2) is 30.5 Å². The van der Waals surface area contributed by atoms with Gasteiger partial charge in [-0.1, -0.05) is 17.7 Å². The lowest BCUT2D eigenvalue weighted by Crippen LogP contribution is -2.20. The van der Waals surface area contributed by atoms with E-state index >= 15 is 0 Å². The van der Waals surface area contributed by atoms with Gasteiger partial charge < -0.3 is 15.8 Å². The molecule has 0 radical (unpaired) electrons. The molecule has 0 atom stereocenters. The van der Waals surface area contributed by atoms with Gasteiger partial charge in [0, 0.05) is 29.2 Å². The van der Waals surface area contributed by atoms with Crippen LogP contribution in [0.4, 0.5) is 5.13 Å². The maximum Gasteiger partial charge on any atom is 0.180 e. The van der Waals surface area contributed by atoms with Crippen molar-refractivity contribution in [3.63, 3.8) is 0 Å². The molecule has 0 spiro atoms. The molecule has 6 heteroatoms. The second-order valence-electron chi connectivity index (χ2n) is 3.65. The molecule has 2 aromatic rings. The molecule has 0 bridgehead atoms. The predicted octanol–water partition coefficient (Wildman–Crippen LogP) is 2.55. The van der Waals surface area contributed by atoms with Gasteiger partial charge in [0.2, 0.25) is 0 Å². The van der Waals surface area contributed by atoms with Gasteiger partial charge in [0.05, 0.1) is 0 Å². The highest BCUT2D eigenvalue weighted by molar-refractivity contribution is 7.15. The summed E-state index contributed by atoms with van der Waals surface area (Å²) in [7, 11) is 0. The van der Waals surface area contributed by atoms with E-state index in [0.29, 0.717) is 16.8 Å². The average molecular weight is 284 g/mol. The number of nitrogens with two attached hydrogens (primary N) is 1. The molecule has 0 saturated heterocycles. The van der Waals surface area contributed by atoms with Crippen molar-refractivity contribution >= 4 is 28.1 Å². The van der Waals surface area contributed by atoms with E-state index in [9.17, 15) is 0 Å². The number of rotatable bonds is 6. The molecule has 0 unspecified atom stereocenters. The van der Waals surface area contributed by atoms with Gasteiger partial charge in [0.1, 0.15) is 12.4 Å². The van der Waals surface area contributed by atoms with Gasteiger partial charge in [0.25, 0.3) is 0 Å². The third-order valence-corrected chi connectivity index (χ3v) is 3.28. The second-order valence-corrected chi connectivity index (χ2v) is 5.23. The molecule has 0 saturated carbocycles. The van der Waals surface area contributed by atoms with E-state index < -0.39 is 0 Å². The number of hydrogen-bond donors (Lipinski definition) is 2. The van der Waals surface area contributed by atoms with Gasteiger partial charge in [-0.25, -0.2) is 4.98 Å². The van der Waals surface area contributed by atoms with Gasteiger partial charge in [0.15, 0.2) is 5.13 Å². The van der Waals surface area contributed by atoms with E-state index in [4.69, 9.17) is 22.1 Å². The molecule has 4 nitrogen and oxygen atoms in total. The van der Waals surface area contributed by atoms with Crippen molar-refractivity contribution in [1.29, 1.82) is 0 Å². The first-order chi connectivity index (χ1) is 8.74. The van der Waals surface area contributed by atoms with Crippen LogP contribution in [-0.4, -0.2) is 18.1 Å². The number of nitrogen functional groups attached to an aromatic ring is 1. The van der Waals surface area contributed by atoms with E-state index in [1.54, 1.807) is 12.3 Å². The summed E-state index contributed by atoms with van der Waals surface area (Å²) >= 11 is 7.34. The Morgan fingerprint density at radius 3 is 3.06 bits per heavy atom. The summed E-state index contributed by atoms with van der Waals surface area (Å²) in [5, 5.41) is 4.54. The molecule has 96 valence electrons. The molecule has 0 amide bonds. The van der Waals surface area contributed by atoms with Crippen molar-refractivity contribution in [3.05, 3.63) is 40.4 Å². The molecular weight excluding hydrogens is 270 g/mol. The van der Waals surface area contributed by atoms with E-state index in [2.05, 4.69) is 10.3 Å². The van der Waals surface area contributed by atoms with Crippen LogP contribution in [0, 0.1) is 0 Å². The lowest BCUT2D eigenvalue weighted by molar-refractivity contribution is 0.314. The maximum absolute atomic E-state index is 5.85. The van der Waals surface area contributed by atoms with Crippen LogP contribution in [0.1, 0.15) is 4.88 Å². The number of nitrogens with one attached hydrogen (secondary N) is 1. The number of ether oxygens (including phenoxy) is 1. The van der Waals surface area contributed by atoms with Gasteiger partial charge in [-0.15, -0.1) is 11.3 Å². The molecule has 3 N–H and O–H groups in total. The van der Waals surface area contributed by atoms with Gasteiger partial charge in [-0.3, -0.25) is 0 Å². The monoisotopic (exact) mass is 283 g/mol. The molecule has 1 heterocycles. The summed E-state index contributed by atoms with van der Waals surface area (Å²) in [6.45, 7) is 2.10. The lowest BCUT2D eigenvalue weighted by atomic mass is 10.3. The average Bonchev–Trinajstić information content (AvgIpc) is 2.75. The molecule has 18 heavy (non-hydrogen) atoms. The molecule has 0 aliphatic heterocycles. The van der Waals surface area contributed by atoms with E-state index in [0.717, 1.165) is 23.7 Å². The summed E-state index contributed by atoms with van der Waals surface area (Å²) < 4.78 is 5.55. The largest absolute Gasteiger partial charge is 0.492 e. The van der Waals surface area contributed by atoms with Crippen LogP contribution in [-0.2, 0) is 6.54 Å². The smallest absolute Gasteiger partial charge is 0.180 e. The van der Waals surface area contributed by atoms with Crippen molar-refractivity contribution in [2.45, 2.75) is 6.54 Å². The fourth-order valence-corrected chi connectivity index (χ4v) is 2.25. The third kappa shape index (κ3) is 4.18. The Morgan fingerprint density at radius 1 is 1.44 bits per heavy atom. The second kappa shape index (κ2) is 6.58. The fraction of sp³-hybridized carbons (Fsp3) is 0.250.